The van der Waals surface area contributed by atoms with Gasteiger partial charge in [-0.15, -0.1) is 0 Å². The zero-order valence-corrected chi connectivity index (χ0v) is 20.1. The predicted molar refractivity (Wildman–Crippen MR) is 130 cm³/mol. The van der Waals surface area contributed by atoms with Crippen molar-refractivity contribution in [3.8, 4) is 5.75 Å². The Balaban J connectivity index is 1.29. The Hall–Kier alpha value is -2.91. The summed E-state index contributed by atoms with van der Waals surface area (Å²) in [6.07, 6.45) is 4.79. The van der Waals surface area contributed by atoms with E-state index in [1.54, 1.807) is 25.3 Å². The molecule has 2 aromatic carbocycles. The number of fused-ring (bicyclic) bond motifs is 1. The van der Waals surface area contributed by atoms with Crippen molar-refractivity contribution < 1.29 is 22.7 Å². The molecule has 1 aliphatic heterocycles. The molecule has 1 saturated carbocycles. The number of benzene rings is 2. The van der Waals surface area contributed by atoms with E-state index in [0.29, 0.717) is 55.8 Å². The lowest BCUT2D eigenvalue weighted by Gasteiger charge is -2.28. The van der Waals surface area contributed by atoms with Gasteiger partial charge >= 0.3 is 0 Å². The largest absolute Gasteiger partial charge is 0.495 e. The molecule has 34 heavy (non-hydrogen) atoms. The van der Waals surface area contributed by atoms with Crippen molar-refractivity contribution in [3.63, 3.8) is 0 Å². The predicted octanol–water partition coefficient (Wildman–Crippen LogP) is 3.69. The lowest BCUT2D eigenvalue weighted by Crippen LogP contribution is -2.33. The van der Waals surface area contributed by atoms with Gasteiger partial charge in [-0.05, 0) is 80.3 Å². The molecule has 0 unspecified atom stereocenters. The number of ether oxygens (including phenoxy) is 1. The molecule has 8 nitrogen and oxygen atoms in total. The highest BCUT2D eigenvalue weighted by atomic mass is 32.2. The van der Waals surface area contributed by atoms with E-state index < -0.39 is 10.0 Å². The molecule has 1 heterocycles. The standard InChI is InChI=1S/C25H31N3O5S/c1-33-23-7-3-2-6-22(23)28-25(30)18-11-9-17(10-12-18)16-26-34(31,32)20-13-14-21-19(15-20)5-4-8-24(29)27-21/h2-3,6-7,13-15,17-18,26H,4-5,8-12,16H2,1H3,(H,27,29)(H,28,30). The SMILES string of the molecule is COc1ccccc1NC(=O)C1CCC(CNS(=O)(=O)c2ccc3c(c2)CCCC(=O)N3)CC1. The minimum Gasteiger partial charge on any atom is -0.495 e. The van der Waals surface area contributed by atoms with E-state index in [2.05, 4.69) is 15.4 Å². The first-order valence-electron chi connectivity index (χ1n) is 11.7. The van der Waals surface area contributed by atoms with Crippen LogP contribution in [0, 0.1) is 11.8 Å². The molecule has 182 valence electrons. The number of aryl methyl sites for hydroxylation is 1. The van der Waals surface area contributed by atoms with Crippen LogP contribution in [0.4, 0.5) is 11.4 Å². The highest BCUT2D eigenvalue weighted by molar-refractivity contribution is 7.89. The van der Waals surface area contributed by atoms with E-state index in [0.717, 1.165) is 18.4 Å². The minimum absolute atomic E-state index is 0.0272. The molecule has 0 atom stereocenters. The van der Waals surface area contributed by atoms with Crippen LogP contribution in [-0.4, -0.2) is 33.9 Å². The fraction of sp³-hybridized carbons (Fsp3) is 0.440. The maximum atomic E-state index is 12.9. The summed E-state index contributed by atoms with van der Waals surface area (Å²) in [4.78, 5) is 24.6. The molecular formula is C25H31N3O5S. The molecule has 2 amide bonds. The van der Waals surface area contributed by atoms with Gasteiger partial charge in [0.15, 0.2) is 0 Å². The smallest absolute Gasteiger partial charge is 0.240 e. The van der Waals surface area contributed by atoms with Gasteiger partial charge in [-0.2, -0.15) is 0 Å². The first-order chi connectivity index (χ1) is 16.4. The fourth-order valence-corrected chi connectivity index (χ4v) is 5.81. The molecule has 0 saturated heterocycles. The molecular weight excluding hydrogens is 454 g/mol. The van der Waals surface area contributed by atoms with Gasteiger partial charge in [-0.3, -0.25) is 9.59 Å². The second-order valence-corrected chi connectivity index (χ2v) is 10.7. The molecule has 0 spiro atoms. The Labute approximate surface area is 200 Å². The summed E-state index contributed by atoms with van der Waals surface area (Å²) in [6, 6.07) is 12.2. The number of para-hydroxylation sites is 2. The van der Waals surface area contributed by atoms with Crippen LogP contribution in [0.2, 0.25) is 0 Å². The minimum atomic E-state index is -3.65. The van der Waals surface area contributed by atoms with Crippen LogP contribution in [0.15, 0.2) is 47.4 Å². The van der Waals surface area contributed by atoms with Crippen molar-refractivity contribution in [2.45, 2.75) is 49.8 Å². The van der Waals surface area contributed by atoms with E-state index in [1.165, 1.54) is 6.07 Å². The van der Waals surface area contributed by atoms with Crippen LogP contribution in [0.1, 0.15) is 44.1 Å². The van der Waals surface area contributed by atoms with Gasteiger partial charge in [0.25, 0.3) is 0 Å². The molecule has 1 aliphatic carbocycles. The summed E-state index contributed by atoms with van der Waals surface area (Å²) in [6.45, 7) is 0.344. The van der Waals surface area contributed by atoms with Crippen LogP contribution >= 0.6 is 0 Å². The average molecular weight is 486 g/mol. The number of nitrogens with one attached hydrogen (secondary N) is 3. The number of anilines is 2. The van der Waals surface area contributed by atoms with Crippen LogP contribution in [-0.2, 0) is 26.0 Å². The molecule has 9 heteroatoms. The lowest BCUT2D eigenvalue weighted by molar-refractivity contribution is -0.121. The normalized spacial score (nSPS) is 20.6. The number of carbonyl (C=O) groups is 2. The summed E-state index contributed by atoms with van der Waals surface area (Å²) in [5.74, 6) is 0.641. The van der Waals surface area contributed by atoms with Crippen LogP contribution in [0.3, 0.4) is 0 Å². The maximum absolute atomic E-state index is 12.9. The molecule has 3 N–H and O–H groups in total. The summed E-state index contributed by atoms with van der Waals surface area (Å²) in [5, 5.41) is 5.78. The van der Waals surface area contributed by atoms with Crippen molar-refractivity contribution in [1.29, 1.82) is 0 Å². The van der Waals surface area contributed by atoms with E-state index in [9.17, 15) is 18.0 Å². The van der Waals surface area contributed by atoms with Crippen LogP contribution in [0.25, 0.3) is 0 Å². The quantitative estimate of drug-likeness (QED) is 0.554. The van der Waals surface area contributed by atoms with E-state index >= 15 is 0 Å². The third kappa shape index (κ3) is 5.77. The van der Waals surface area contributed by atoms with Crippen molar-refractivity contribution in [3.05, 3.63) is 48.0 Å². The summed E-state index contributed by atoms with van der Waals surface area (Å²) >= 11 is 0. The maximum Gasteiger partial charge on any atom is 0.240 e. The van der Waals surface area contributed by atoms with Gasteiger partial charge in [-0.1, -0.05) is 12.1 Å². The Morgan fingerprint density at radius 3 is 2.62 bits per heavy atom. The Bertz CT molecular complexity index is 1160. The first kappa shape index (κ1) is 24.2. The monoisotopic (exact) mass is 485 g/mol. The van der Waals surface area contributed by atoms with Crippen molar-refractivity contribution >= 4 is 33.2 Å². The summed E-state index contributed by atoms with van der Waals surface area (Å²) in [5.41, 5.74) is 2.19. The van der Waals surface area contributed by atoms with Crippen molar-refractivity contribution in [2.75, 3.05) is 24.3 Å². The zero-order chi connectivity index (χ0) is 24.1. The molecule has 0 aromatic heterocycles. The fourth-order valence-electron chi connectivity index (χ4n) is 4.64. The third-order valence-corrected chi connectivity index (χ3v) is 8.08. The van der Waals surface area contributed by atoms with Crippen molar-refractivity contribution in [1.82, 2.24) is 4.72 Å². The lowest BCUT2D eigenvalue weighted by atomic mass is 9.81. The van der Waals surface area contributed by atoms with Crippen LogP contribution < -0.4 is 20.1 Å². The molecule has 1 fully saturated rings. The molecule has 2 aromatic rings. The molecule has 4 rings (SSSR count). The van der Waals surface area contributed by atoms with Gasteiger partial charge in [-0.25, -0.2) is 13.1 Å². The highest BCUT2D eigenvalue weighted by Gasteiger charge is 2.28. The van der Waals surface area contributed by atoms with E-state index in [1.807, 2.05) is 18.2 Å². The highest BCUT2D eigenvalue weighted by Crippen LogP contribution is 2.31. The summed E-state index contributed by atoms with van der Waals surface area (Å²) < 4.78 is 33.8. The topological polar surface area (TPSA) is 114 Å². The number of amides is 2. The molecule has 2 aliphatic rings. The number of hydrogen-bond donors (Lipinski definition) is 3. The van der Waals surface area contributed by atoms with Gasteiger partial charge in [0.05, 0.1) is 17.7 Å². The number of rotatable bonds is 7. The Kier molecular flexibility index (Phi) is 7.53. The van der Waals surface area contributed by atoms with E-state index in [-0.39, 0.29) is 28.5 Å². The summed E-state index contributed by atoms with van der Waals surface area (Å²) in [7, 11) is -2.08. The second kappa shape index (κ2) is 10.6. The van der Waals surface area contributed by atoms with Gasteiger partial charge in [0, 0.05) is 24.6 Å². The number of methoxy groups -OCH3 is 1. The number of hydrogen-bond acceptors (Lipinski definition) is 5. The third-order valence-electron chi connectivity index (χ3n) is 6.66. The zero-order valence-electron chi connectivity index (χ0n) is 19.3. The molecule has 0 radical (unpaired) electrons. The number of carbonyl (C=O) groups excluding carboxylic acids is 2. The van der Waals surface area contributed by atoms with Crippen molar-refractivity contribution in [2.24, 2.45) is 11.8 Å². The van der Waals surface area contributed by atoms with Gasteiger partial charge in [0.1, 0.15) is 5.75 Å². The van der Waals surface area contributed by atoms with Gasteiger partial charge < -0.3 is 15.4 Å². The number of sulfonamides is 1. The Morgan fingerprint density at radius 1 is 1.09 bits per heavy atom. The average Bonchev–Trinajstić information content (AvgIpc) is 3.03. The first-order valence-corrected chi connectivity index (χ1v) is 13.2. The molecule has 0 bridgehead atoms. The van der Waals surface area contributed by atoms with Gasteiger partial charge in [0.2, 0.25) is 21.8 Å². The van der Waals surface area contributed by atoms with Crippen LogP contribution in [0.5, 0.6) is 5.75 Å². The Morgan fingerprint density at radius 2 is 1.85 bits per heavy atom. The van der Waals surface area contributed by atoms with E-state index in [4.69, 9.17) is 4.74 Å². The second-order valence-electron chi connectivity index (χ2n) is 8.98.